The summed E-state index contributed by atoms with van der Waals surface area (Å²) in [5.41, 5.74) is 1.29. The number of benzene rings is 2. The van der Waals surface area contributed by atoms with E-state index in [2.05, 4.69) is 32.3 Å². The van der Waals surface area contributed by atoms with Crippen LogP contribution in [-0.4, -0.2) is 45.2 Å². The molecule has 4 atom stereocenters. The summed E-state index contributed by atoms with van der Waals surface area (Å²) < 4.78 is 5.90. The van der Waals surface area contributed by atoms with E-state index in [4.69, 9.17) is 4.74 Å². The lowest BCUT2D eigenvalue weighted by Crippen LogP contribution is -2.43. The summed E-state index contributed by atoms with van der Waals surface area (Å²) in [6, 6.07) is 18.2. The minimum atomic E-state index is -0.349. The molecule has 0 radical (unpaired) electrons. The Kier molecular flexibility index (Phi) is 5.82. The zero-order valence-electron chi connectivity index (χ0n) is 17.5. The number of rotatable bonds is 6. The van der Waals surface area contributed by atoms with Gasteiger partial charge in [-0.25, -0.2) is 4.98 Å². The Balaban J connectivity index is 1.16. The molecule has 6 heteroatoms. The van der Waals surface area contributed by atoms with E-state index in [1.54, 1.807) is 18.6 Å². The molecule has 2 aromatic carbocycles. The predicted octanol–water partition coefficient (Wildman–Crippen LogP) is 3.95. The number of hydrogen-bond acceptors (Lipinski definition) is 6. The van der Waals surface area contributed by atoms with Crippen molar-refractivity contribution in [1.82, 2.24) is 14.9 Å². The second-order valence-electron chi connectivity index (χ2n) is 8.65. The van der Waals surface area contributed by atoms with Gasteiger partial charge in [0.1, 0.15) is 17.3 Å². The van der Waals surface area contributed by atoms with Crippen molar-refractivity contribution in [3.8, 4) is 11.5 Å². The highest BCUT2D eigenvalue weighted by molar-refractivity contribution is 5.34. The fourth-order valence-corrected chi connectivity index (χ4v) is 4.92. The number of aromatic nitrogens is 2. The summed E-state index contributed by atoms with van der Waals surface area (Å²) in [5, 5.41) is 14.0. The predicted molar refractivity (Wildman–Crippen MR) is 120 cm³/mol. The number of hydrogen-bond donors (Lipinski definition) is 2. The van der Waals surface area contributed by atoms with Crippen LogP contribution in [0, 0.1) is 11.8 Å². The smallest absolute Gasteiger partial charge is 0.144 e. The number of nitrogens with one attached hydrogen (secondary N) is 1. The maximum Gasteiger partial charge on any atom is 0.144 e. The van der Waals surface area contributed by atoms with Gasteiger partial charge in [-0.05, 0) is 54.5 Å². The molecule has 0 spiro atoms. The summed E-state index contributed by atoms with van der Waals surface area (Å²) in [6.45, 7) is 3.04. The second kappa shape index (κ2) is 9.04. The van der Waals surface area contributed by atoms with Crippen LogP contribution in [0.3, 0.4) is 0 Å². The van der Waals surface area contributed by atoms with Crippen molar-refractivity contribution < 1.29 is 9.84 Å². The van der Waals surface area contributed by atoms with Crippen LogP contribution in [0.4, 0.5) is 5.82 Å². The first-order valence-electron chi connectivity index (χ1n) is 11.0. The van der Waals surface area contributed by atoms with Gasteiger partial charge < -0.3 is 15.2 Å². The molecule has 0 amide bonds. The third-order valence-corrected chi connectivity index (χ3v) is 6.42. The Bertz CT molecular complexity index is 968. The monoisotopic (exact) mass is 416 g/mol. The van der Waals surface area contributed by atoms with Gasteiger partial charge >= 0.3 is 0 Å². The lowest BCUT2D eigenvalue weighted by molar-refractivity contribution is 0.0735. The molecule has 3 aromatic rings. The highest BCUT2D eigenvalue weighted by atomic mass is 16.5. The largest absolute Gasteiger partial charge is 0.457 e. The second-order valence-corrected chi connectivity index (χ2v) is 8.65. The zero-order valence-corrected chi connectivity index (χ0v) is 17.5. The van der Waals surface area contributed by atoms with E-state index >= 15 is 0 Å². The molecule has 1 saturated heterocycles. The molecule has 2 aliphatic rings. The number of para-hydroxylation sites is 1. The van der Waals surface area contributed by atoms with Crippen LogP contribution in [0.2, 0.25) is 0 Å². The third-order valence-electron chi connectivity index (χ3n) is 6.42. The Hall–Kier alpha value is -2.96. The molecule has 2 heterocycles. The molecule has 1 aliphatic carbocycles. The van der Waals surface area contributed by atoms with Crippen molar-refractivity contribution in [2.45, 2.75) is 31.5 Å². The van der Waals surface area contributed by atoms with Crippen LogP contribution >= 0.6 is 0 Å². The number of aliphatic hydroxyl groups is 1. The first kappa shape index (κ1) is 20.0. The van der Waals surface area contributed by atoms with E-state index in [1.807, 2.05) is 42.5 Å². The Morgan fingerprint density at radius 3 is 2.42 bits per heavy atom. The molecule has 160 valence electrons. The van der Waals surface area contributed by atoms with Crippen LogP contribution in [0.5, 0.6) is 11.5 Å². The maximum atomic E-state index is 10.7. The van der Waals surface area contributed by atoms with Crippen LogP contribution in [0.15, 0.2) is 73.2 Å². The van der Waals surface area contributed by atoms with Gasteiger partial charge in [-0.3, -0.25) is 9.88 Å². The van der Waals surface area contributed by atoms with Gasteiger partial charge in [-0.1, -0.05) is 30.3 Å². The van der Waals surface area contributed by atoms with E-state index in [-0.39, 0.29) is 12.1 Å². The number of anilines is 1. The summed E-state index contributed by atoms with van der Waals surface area (Å²) >= 11 is 0. The molecule has 1 saturated carbocycles. The average Bonchev–Trinajstić information content (AvgIpc) is 3.17. The molecule has 31 heavy (non-hydrogen) atoms. The minimum Gasteiger partial charge on any atom is -0.457 e. The molecule has 1 aliphatic heterocycles. The van der Waals surface area contributed by atoms with Crippen LogP contribution in [-0.2, 0) is 6.54 Å². The number of fused-ring (bicyclic) bond motifs is 1. The standard InChI is InChI=1S/C25H28N4O2/c30-24-13-20-17-29(16-19(20)12-23(24)28-25-14-26-10-11-27-25)15-18-6-8-22(9-7-18)31-21-4-2-1-3-5-21/h1-11,14,19-20,23-24,30H,12-13,15-17H2,(H,27,28)/t19-,20+,23-,24-/m1/s1. The lowest BCUT2D eigenvalue weighted by atomic mass is 9.77. The SMILES string of the molecule is O[C@@H]1C[C@H]2CN(Cc3ccc(Oc4ccccc4)cc3)C[C@H]2C[C@H]1Nc1cnccn1. The molecule has 0 unspecified atom stereocenters. The van der Waals surface area contributed by atoms with E-state index < -0.39 is 0 Å². The number of aliphatic hydroxyl groups excluding tert-OH is 1. The fourth-order valence-electron chi connectivity index (χ4n) is 4.92. The van der Waals surface area contributed by atoms with Gasteiger partial charge in [0.15, 0.2) is 0 Å². The van der Waals surface area contributed by atoms with E-state index in [1.165, 1.54) is 5.56 Å². The van der Waals surface area contributed by atoms with Gasteiger partial charge in [0.05, 0.1) is 18.3 Å². The van der Waals surface area contributed by atoms with Gasteiger partial charge in [0.25, 0.3) is 0 Å². The summed E-state index contributed by atoms with van der Waals surface area (Å²) in [4.78, 5) is 10.9. The normalized spacial score (nSPS) is 25.7. The van der Waals surface area contributed by atoms with E-state index in [0.717, 1.165) is 49.8 Å². The number of likely N-dealkylation sites (tertiary alicyclic amines) is 1. The molecule has 6 nitrogen and oxygen atoms in total. The van der Waals surface area contributed by atoms with Crippen molar-refractivity contribution >= 4 is 5.82 Å². The van der Waals surface area contributed by atoms with Gasteiger partial charge in [0.2, 0.25) is 0 Å². The molecular formula is C25H28N4O2. The highest BCUT2D eigenvalue weighted by Crippen LogP contribution is 2.38. The number of nitrogens with zero attached hydrogens (tertiary/aromatic N) is 3. The van der Waals surface area contributed by atoms with E-state index in [0.29, 0.717) is 11.8 Å². The van der Waals surface area contributed by atoms with Crippen LogP contribution in [0.1, 0.15) is 18.4 Å². The molecule has 2 fully saturated rings. The van der Waals surface area contributed by atoms with Gasteiger partial charge in [-0.15, -0.1) is 0 Å². The Morgan fingerprint density at radius 1 is 0.935 bits per heavy atom. The average molecular weight is 417 g/mol. The summed E-state index contributed by atoms with van der Waals surface area (Å²) in [7, 11) is 0. The Labute approximate surface area is 182 Å². The third kappa shape index (κ3) is 4.86. The molecule has 0 bridgehead atoms. The van der Waals surface area contributed by atoms with Gasteiger partial charge in [0, 0.05) is 32.0 Å². The summed E-state index contributed by atoms with van der Waals surface area (Å²) in [5.74, 6) is 3.58. The highest BCUT2D eigenvalue weighted by Gasteiger charge is 2.41. The van der Waals surface area contributed by atoms with Crippen molar-refractivity contribution in [3.63, 3.8) is 0 Å². The molecular weight excluding hydrogens is 388 g/mol. The van der Waals surface area contributed by atoms with E-state index in [9.17, 15) is 5.11 Å². The van der Waals surface area contributed by atoms with Crippen LogP contribution < -0.4 is 10.1 Å². The summed E-state index contributed by atoms with van der Waals surface area (Å²) in [6.07, 6.45) is 6.50. The lowest BCUT2D eigenvalue weighted by Gasteiger charge is -2.35. The van der Waals surface area contributed by atoms with Crippen molar-refractivity contribution in [1.29, 1.82) is 0 Å². The van der Waals surface area contributed by atoms with Crippen molar-refractivity contribution in [3.05, 3.63) is 78.8 Å². The molecule has 1 aromatic heterocycles. The fraction of sp³-hybridized carbons (Fsp3) is 0.360. The number of ether oxygens (including phenoxy) is 1. The van der Waals surface area contributed by atoms with Crippen molar-refractivity contribution in [2.24, 2.45) is 11.8 Å². The first-order valence-corrected chi connectivity index (χ1v) is 11.0. The van der Waals surface area contributed by atoms with Crippen molar-refractivity contribution in [2.75, 3.05) is 18.4 Å². The molecule has 5 rings (SSSR count). The Morgan fingerprint density at radius 2 is 1.68 bits per heavy atom. The zero-order chi connectivity index (χ0) is 21.0. The topological polar surface area (TPSA) is 70.5 Å². The van der Waals surface area contributed by atoms with Gasteiger partial charge in [-0.2, -0.15) is 0 Å². The quantitative estimate of drug-likeness (QED) is 0.634. The first-order chi connectivity index (χ1) is 15.2. The minimum absolute atomic E-state index is 0.0346. The van der Waals surface area contributed by atoms with Crippen LogP contribution in [0.25, 0.3) is 0 Å². The maximum absolute atomic E-state index is 10.7. The molecule has 2 N–H and O–H groups in total.